The van der Waals surface area contributed by atoms with E-state index in [1.165, 1.54) is 11.1 Å². The number of rotatable bonds is 16. The molecule has 328 valence electrons. The molecular weight excluding hydrogens is 833 g/mol. The molecule has 0 aliphatic heterocycles. The van der Waals surface area contributed by atoms with Gasteiger partial charge in [0.05, 0.1) is 34.1 Å². The Kier molecular flexibility index (Phi) is 11.5. The molecule has 0 aromatic heterocycles. The fraction of sp³-hybridized carbons (Fsp3) is 0. The van der Waals surface area contributed by atoms with E-state index in [-0.39, 0.29) is 0 Å². The van der Waals surface area contributed by atoms with Crippen LogP contribution in [-0.2, 0) is 0 Å². The van der Waals surface area contributed by atoms with Crippen LogP contribution in [0.3, 0.4) is 0 Å². The van der Waals surface area contributed by atoms with E-state index >= 15 is 0 Å². The highest BCUT2D eigenvalue weighted by Gasteiger charge is 2.34. The van der Waals surface area contributed by atoms with E-state index < -0.39 is 0 Å². The van der Waals surface area contributed by atoms with Crippen LogP contribution in [0, 0.1) is 0 Å². The Hall–Kier alpha value is -9.40. The summed E-state index contributed by atoms with van der Waals surface area (Å²) in [5.74, 6) is 0. The summed E-state index contributed by atoms with van der Waals surface area (Å²) >= 11 is 0. The zero-order valence-corrected chi connectivity index (χ0v) is 37.1. The minimum absolute atomic E-state index is 0.760. The van der Waals surface area contributed by atoms with E-state index in [2.05, 4.69) is 262 Å². The maximum absolute atomic E-state index is 3.68. The summed E-state index contributed by atoms with van der Waals surface area (Å²) in [6, 6.07) is 84.0. The van der Waals surface area contributed by atoms with Gasteiger partial charge in [0.2, 0.25) is 0 Å². The quantitative estimate of drug-likeness (QED) is 0.0455. The highest BCUT2D eigenvalue weighted by Crippen LogP contribution is 2.60. The molecule has 0 unspecified atom stereocenters. The zero-order valence-electron chi connectivity index (χ0n) is 37.1. The van der Waals surface area contributed by atoms with E-state index in [1.54, 1.807) is 0 Å². The molecule has 0 fully saturated rings. The van der Waals surface area contributed by atoms with Gasteiger partial charge in [0.25, 0.3) is 0 Å². The molecule has 0 heterocycles. The average Bonchev–Trinajstić information content (AvgIpc) is 3.41. The van der Waals surface area contributed by atoms with E-state index in [0.29, 0.717) is 0 Å². The molecule has 8 N–H and O–H groups in total. The van der Waals surface area contributed by atoms with Crippen molar-refractivity contribution < 1.29 is 0 Å². The zero-order chi connectivity index (χ0) is 45.5. The lowest BCUT2D eigenvalue weighted by atomic mass is 9.77. The summed E-state index contributed by atoms with van der Waals surface area (Å²) in [6.45, 7) is 0. The lowest BCUT2D eigenvalue weighted by Gasteiger charge is -2.35. The number of nitrogens with one attached hydrogen (secondary N) is 8. The predicted octanol–water partition coefficient (Wildman–Crippen LogP) is 15.8. The molecule has 0 bridgehead atoms. The van der Waals surface area contributed by atoms with Crippen LogP contribution in [0.25, 0.3) is 66.8 Å². The molecule has 1 aliphatic rings. The fourth-order valence-corrected chi connectivity index (χ4v) is 8.69. The highest BCUT2D eigenvalue weighted by molar-refractivity contribution is 6.20. The molecule has 10 aromatic carbocycles. The number of fused-ring (bicyclic) bond motifs is 4. The van der Waals surface area contributed by atoms with Crippen LogP contribution >= 0.6 is 0 Å². The molecule has 0 radical (unpaired) electrons. The third-order valence-corrected chi connectivity index (χ3v) is 12.3. The summed E-state index contributed by atoms with van der Waals surface area (Å²) in [6.07, 6.45) is 0. The number of hydrogen-bond acceptors (Lipinski definition) is 8. The standard InChI is InChI=1S/C60H48N8/c1-5-15-41(16-6-1)45-25-33-49(34-26-45)61-65-57-55-53-23-13-14-24-54(53)56(55)58(66-62-50-35-27-46(28-36-50)42-17-7-2-8-18-42)60(68-64-52-39-31-48(32-40-52)44-21-11-4-12-22-44)59(57)67-63-51-37-29-47(30-38-51)43-19-9-3-10-20-43/h1-40,61-68H. The first kappa shape index (κ1) is 41.3. The van der Waals surface area contributed by atoms with Gasteiger partial charge in [-0.25, -0.2) is 0 Å². The number of anilines is 8. The Morgan fingerprint density at radius 2 is 0.368 bits per heavy atom. The lowest BCUT2D eigenvalue weighted by Crippen LogP contribution is -2.23. The van der Waals surface area contributed by atoms with Crippen molar-refractivity contribution in [3.63, 3.8) is 0 Å². The van der Waals surface area contributed by atoms with Crippen LogP contribution in [0.2, 0.25) is 0 Å². The predicted molar refractivity (Wildman–Crippen MR) is 287 cm³/mol. The number of benzene rings is 10. The molecule has 0 spiro atoms. The Morgan fingerprint density at radius 1 is 0.162 bits per heavy atom. The second kappa shape index (κ2) is 19.0. The normalized spacial score (nSPS) is 10.9. The van der Waals surface area contributed by atoms with Crippen molar-refractivity contribution in [1.82, 2.24) is 0 Å². The molecule has 8 nitrogen and oxygen atoms in total. The third-order valence-electron chi connectivity index (χ3n) is 12.3. The monoisotopic (exact) mass is 880 g/mol. The van der Waals surface area contributed by atoms with Crippen LogP contribution in [0.5, 0.6) is 0 Å². The second-order valence-electron chi connectivity index (χ2n) is 16.6. The summed E-state index contributed by atoms with van der Waals surface area (Å²) < 4.78 is 0. The SMILES string of the molecule is c1ccc(-c2ccc(NNc3c(NNc4ccc(-c5ccccc5)cc4)c(NNc4ccc(-c5ccccc5)cc4)c4c(c3NNc3ccc(-c5ccccc5)cc3)-c3ccccc3-4)cc2)cc1. The van der Waals surface area contributed by atoms with Crippen LogP contribution < -0.4 is 43.4 Å². The van der Waals surface area contributed by atoms with Gasteiger partial charge in [-0.15, -0.1) is 0 Å². The minimum Gasteiger partial charge on any atom is -0.301 e. The average molecular weight is 881 g/mol. The molecular formula is C60H48N8. The van der Waals surface area contributed by atoms with E-state index in [4.69, 9.17) is 0 Å². The van der Waals surface area contributed by atoms with Crippen LogP contribution in [0.1, 0.15) is 0 Å². The maximum atomic E-state index is 3.68. The number of hydrazine groups is 4. The van der Waals surface area contributed by atoms with Crippen molar-refractivity contribution in [1.29, 1.82) is 0 Å². The minimum atomic E-state index is 0.760. The van der Waals surface area contributed by atoms with Gasteiger partial charge in [-0.2, -0.15) is 0 Å². The van der Waals surface area contributed by atoms with Gasteiger partial charge in [0, 0.05) is 11.1 Å². The first-order valence-corrected chi connectivity index (χ1v) is 22.8. The van der Waals surface area contributed by atoms with Gasteiger partial charge in [-0.1, -0.05) is 194 Å². The Morgan fingerprint density at radius 3 is 0.618 bits per heavy atom. The maximum Gasteiger partial charge on any atom is 0.107 e. The van der Waals surface area contributed by atoms with Crippen molar-refractivity contribution in [2.45, 2.75) is 0 Å². The molecule has 8 heteroatoms. The van der Waals surface area contributed by atoms with Gasteiger partial charge in [0.1, 0.15) is 11.4 Å². The highest BCUT2D eigenvalue weighted by atomic mass is 15.4. The largest absolute Gasteiger partial charge is 0.301 e. The summed E-state index contributed by atoms with van der Waals surface area (Å²) in [5, 5.41) is 0. The van der Waals surface area contributed by atoms with Crippen molar-refractivity contribution in [2.24, 2.45) is 0 Å². The van der Waals surface area contributed by atoms with Crippen molar-refractivity contribution in [3.8, 4) is 66.8 Å². The molecule has 0 amide bonds. The van der Waals surface area contributed by atoms with Gasteiger partial charge >= 0.3 is 0 Å². The Balaban J connectivity index is 0.989. The van der Waals surface area contributed by atoms with E-state index in [9.17, 15) is 0 Å². The Bertz CT molecular complexity index is 3050. The van der Waals surface area contributed by atoms with Gasteiger partial charge in [-0.3, -0.25) is 21.7 Å². The molecule has 1 aliphatic carbocycles. The van der Waals surface area contributed by atoms with Gasteiger partial charge in [0.15, 0.2) is 0 Å². The van der Waals surface area contributed by atoms with Crippen molar-refractivity contribution in [2.75, 3.05) is 43.4 Å². The lowest BCUT2D eigenvalue weighted by molar-refractivity contribution is 1.31. The summed E-state index contributed by atoms with van der Waals surface area (Å²) in [4.78, 5) is 0. The van der Waals surface area contributed by atoms with Gasteiger partial charge < -0.3 is 21.7 Å². The number of hydrogen-bond donors (Lipinski definition) is 8. The second-order valence-corrected chi connectivity index (χ2v) is 16.6. The van der Waals surface area contributed by atoms with E-state index in [1.807, 2.05) is 24.3 Å². The first-order valence-electron chi connectivity index (χ1n) is 22.8. The van der Waals surface area contributed by atoms with Crippen molar-refractivity contribution in [3.05, 3.63) is 243 Å². The molecule has 0 saturated carbocycles. The van der Waals surface area contributed by atoms with E-state index in [0.717, 1.165) is 101 Å². The molecule has 0 saturated heterocycles. The van der Waals surface area contributed by atoms with Crippen LogP contribution in [0.4, 0.5) is 45.5 Å². The van der Waals surface area contributed by atoms with Gasteiger partial charge in [-0.05, 0) is 104 Å². The molecule has 11 rings (SSSR count). The van der Waals surface area contributed by atoms with Crippen LogP contribution in [0.15, 0.2) is 243 Å². The van der Waals surface area contributed by atoms with Crippen LogP contribution in [-0.4, -0.2) is 0 Å². The summed E-state index contributed by atoms with van der Waals surface area (Å²) in [5.41, 5.74) is 49.3. The topological polar surface area (TPSA) is 96.2 Å². The first-order chi connectivity index (χ1) is 33.7. The third kappa shape index (κ3) is 8.73. The fourth-order valence-electron chi connectivity index (χ4n) is 8.69. The smallest absolute Gasteiger partial charge is 0.107 e. The molecule has 68 heavy (non-hydrogen) atoms. The Labute approximate surface area is 396 Å². The molecule has 10 aromatic rings. The summed E-state index contributed by atoms with van der Waals surface area (Å²) in [7, 11) is 0. The molecule has 0 atom stereocenters. The van der Waals surface area contributed by atoms with Crippen molar-refractivity contribution >= 4 is 45.5 Å².